The van der Waals surface area contributed by atoms with E-state index in [-0.39, 0.29) is 0 Å². The van der Waals surface area contributed by atoms with E-state index < -0.39 is 23.9 Å². The summed E-state index contributed by atoms with van der Waals surface area (Å²) in [7, 11) is 0. The average molecular weight is 161 g/mol. The third-order valence-corrected chi connectivity index (χ3v) is 1.92. The number of aliphatic hydroxyl groups is 3. The van der Waals surface area contributed by atoms with Crippen molar-refractivity contribution in [2.75, 3.05) is 0 Å². The van der Waals surface area contributed by atoms with Crippen LogP contribution >= 0.6 is 0 Å². The minimum absolute atomic E-state index is 0.467. The molecule has 0 unspecified atom stereocenters. The third-order valence-electron chi connectivity index (χ3n) is 1.92. The highest BCUT2D eigenvalue weighted by Crippen LogP contribution is 2.26. The SMILES string of the molecule is C[C@H]1O[CH][C@@](C)(O)[C@@H](O)[C@@H]1O. The Balaban J connectivity index is 2.67. The highest BCUT2D eigenvalue weighted by atomic mass is 16.5. The van der Waals surface area contributed by atoms with E-state index in [1.54, 1.807) is 6.92 Å². The Bertz CT molecular complexity index is 145. The smallest absolute Gasteiger partial charge is 0.119 e. The zero-order chi connectivity index (χ0) is 8.65. The topological polar surface area (TPSA) is 69.9 Å². The molecule has 4 nitrogen and oxygen atoms in total. The molecule has 0 aliphatic carbocycles. The molecule has 0 aromatic rings. The van der Waals surface area contributed by atoms with Gasteiger partial charge in [0.1, 0.15) is 24.4 Å². The first-order valence-electron chi connectivity index (χ1n) is 3.53. The second kappa shape index (κ2) is 2.71. The van der Waals surface area contributed by atoms with Crippen molar-refractivity contribution in [2.45, 2.75) is 37.8 Å². The van der Waals surface area contributed by atoms with Gasteiger partial charge < -0.3 is 20.1 Å². The van der Waals surface area contributed by atoms with Gasteiger partial charge in [0.15, 0.2) is 0 Å². The van der Waals surface area contributed by atoms with E-state index >= 15 is 0 Å². The predicted octanol–water partition coefficient (Wildman–Crippen LogP) is -0.960. The maximum absolute atomic E-state index is 9.34. The minimum atomic E-state index is -1.45. The summed E-state index contributed by atoms with van der Waals surface area (Å²) < 4.78 is 4.89. The van der Waals surface area contributed by atoms with Gasteiger partial charge >= 0.3 is 0 Å². The monoisotopic (exact) mass is 161 g/mol. The molecule has 0 saturated carbocycles. The summed E-state index contributed by atoms with van der Waals surface area (Å²) >= 11 is 0. The van der Waals surface area contributed by atoms with Crippen LogP contribution in [0.4, 0.5) is 0 Å². The molecule has 1 saturated heterocycles. The van der Waals surface area contributed by atoms with E-state index in [4.69, 9.17) is 4.74 Å². The third kappa shape index (κ3) is 1.54. The summed E-state index contributed by atoms with van der Waals surface area (Å²) in [6.45, 7) is 4.15. The molecule has 1 fully saturated rings. The van der Waals surface area contributed by atoms with Gasteiger partial charge in [-0.3, -0.25) is 0 Å². The molecule has 1 aliphatic rings. The van der Waals surface area contributed by atoms with Crippen molar-refractivity contribution < 1.29 is 20.1 Å². The van der Waals surface area contributed by atoms with Crippen molar-refractivity contribution in [2.24, 2.45) is 0 Å². The maximum Gasteiger partial charge on any atom is 0.119 e. The molecule has 0 aromatic heterocycles. The fourth-order valence-electron chi connectivity index (χ4n) is 0.998. The van der Waals surface area contributed by atoms with Crippen molar-refractivity contribution in [3.63, 3.8) is 0 Å². The first-order valence-corrected chi connectivity index (χ1v) is 3.53. The van der Waals surface area contributed by atoms with Gasteiger partial charge in [0, 0.05) is 0 Å². The van der Waals surface area contributed by atoms with Crippen LogP contribution in [0.25, 0.3) is 0 Å². The molecule has 65 valence electrons. The van der Waals surface area contributed by atoms with Crippen molar-refractivity contribution >= 4 is 0 Å². The quantitative estimate of drug-likeness (QED) is 0.428. The molecule has 3 N–H and O–H groups in total. The van der Waals surface area contributed by atoms with Crippen LogP contribution in [0.3, 0.4) is 0 Å². The van der Waals surface area contributed by atoms with Gasteiger partial charge in [-0.15, -0.1) is 0 Å². The number of hydrogen-bond acceptors (Lipinski definition) is 4. The van der Waals surface area contributed by atoms with E-state index in [0.29, 0.717) is 0 Å². The Kier molecular flexibility index (Phi) is 2.20. The van der Waals surface area contributed by atoms with E-state index in [0.717, 1.165) is 6.61 Å². The van der Waals surface area contributed by atoms with Crippen LogP contribution in [0, 0.1) is 6.61 Å². The van der Waals surface area contributed by atoms with E-state index in [9.17, 15) is 15.3 Å². The standard InChI is InChI=1S/C7H13O4/c1-4-5(8)6(9)7(2,10)3-11-4/h3-6,8-10H,1-2H3/t4-,5-,6+,7-/m1/s1. The lowest BCUT2D eigenvalue weighted by Gasteiger charge is -2.39. The predicted molar refractivity (Wildman–Crippen MR) is 37.5 cm³/mol. The molecular weight excluding hydrogens is 148 g/mol. The molecule has 1 rings (SSSR count). The Hall–Kier alpha value is -0.160. The summed E-state index contributed by atoms with van der Waals surface area (Å²) in [5.41, 5.74) is -1.45. The first-order chi connectivity index (χ1) is 4.95. The van der Waals surface area contributed by atoms with Crippen LogP contribution in [0.2, 0.25) is 0 Å². The van der Waals surface area contributed by atoms with Crippen LogP contribution in [0.1, 0.15) is 13.8 Å². The van der Waals surface area contributed by atoms with Crippen LogP contribution in [0.15, 0.2) is 0 Å². The lowest BCUT2D eigenvalue weighted by Crippen LogP contribution is -2.56. The average Bonchev–Trinajstić information content (AvgIpc) is 1.95. The van der Waals surface area contributed by atoms with Crippen molar-refractivity contribution in [3.05, 3.63) is 6.61 Å². The number of ether oxygens (including phenoxy) is 1. The number of hydrogen-bond donors (Lipinski definition) is 3. The second-order valence-electron chi connectivity index (χ2n) is 3.12. The van der Waals surface area contributed by atoms with Crippen molar-refractivity contribution in [3.8, 4) is 0 Å². The van der Waals surface area contributed by atoms with Gasteiger partial charge in [-0.25, -0.2) is 0 Å². The molecule has 0 amide bonds. The van der Waals surface area contributed by atoms with Crippen LogP contribution in [-0.4, -0.2) is 39.2 Å². The first kappa shape index (κ1) is 8.93. The van der Waals surface area contributed by atoms with Gasteiger partial charge in [-0.05, 0) is 13.8 Å². The molecule has 1 heterocycles. The Morgan fingerprint density at radius 2 is 2.00 bits per heavy atom. The van der Waals surface area contributed by atoms with Crippen LogP contribution < -0.4 is 0 Å². The van der Waals surface area contributed by atoms with E-state index in [1.165, 1.54) is 6.92 Å². The van der Waals surface area contributed by atoms with Crippen molar-refractivity contribution in [1.29, 1.82) is 0 Å². The summed E-state index contributed by atoms with van der Waals surface area (Å²) in [6.07, 6.45) is -2.67. The summed E-state index contributed by atoms with van der Waals surface area (Å²) in [5.74, 6) is 0. The highest BCUT2D eigenvalue weighted by Gasteiger charge is 2.43. The Labute approximate surface area is 65.4 Å². The minimum Gasteiger partial charge on any atom is -0.388 e. The summed E-state index contributed by atoms with van der Waals surface area (Å²) in [4.78, 5) is 0. The number of aliphatic hydroxyl groups excluding tert-OH is 2. The lowest BCUT2D eigenvalue weighted by atomic mass is 9.90. The Morgan fingerprint density at radius 1 is 1.45 bits per heavy atom. The zero-order valence-electron chi connectivity index (χ0n) is 6.56. The molecule has 0 spiro atoms. The van der Waals surface area contributed by atoms with E-state index in [1.807, 2.05) is 0 Å². The van der Waals surface area contributed by atoms with Crippen LogP contribution in [-0.2, 0) is 4.74 Å². The molecule has 1 aliphatic heterocycles. The van der Waals surface area contributed by atoms with Gasteiger partial charge in [0.25, 0.3) is 0 Å². The molecule has 1 radical (unpaired) electrons. The highest BCUT2D eigenvalue weighted by molar-refractivity contribution is 4.99. The largest absolute Gasteiger partial charge is 0.388 e. The fourth-order valence-corrected chi connectivity index (χ4v) is 0.998. The number of rotatable bonds is 0. The van der Waals surface area contributed by atoms with Gasteiger partial charge in [0.05, 0.1) is 6.10 Å². The fraction of sp³-hybridized carbons (Fsp3) is 0.857. The maximum atomic E-state index is 9.34. The zero-order valence-corrected chi connectivity index (χ0v) is 6.56. The van der Waals surface area contributed by atoms with Gasteiger partial charge in [-0.1, -0.05) is 0 Å². The van der Waals surface area contributed by atoms with Gasteiger partial charge in [-0.2, -0.15) is 0 Å². The van der Waals surface area contributed by atoms with Crippen molar-refractivity contribution in [1.82, 2.24) is 0 Å². The molecule has 0 bridgehead atoms. The lowest BCUT2D eigenvalue weighted by molar-refractivity contribution is -0.195. The Morgan fingerprint density at radius 3 is 2.45 bits per heavy atom. The molecule has 11 heavy (non-hydrogen) atoms. The van der Waals surface area contributed by atoms with E-state index in [2.05, 4.69) is 0 Å². The summed E-state index contributed by atoms with van der Waals surface area (Å²) in [6, 6.07) is 0. The summed E-state index contributed by atoms with van der Waals surface area (Å²) in [5, 5.41) is 27.8. The normalized spacial score (nSPS) is 52.6. The molecule has 4 atom stereocenters. The van der Waals surface area contributed by atoms with Gasteiger partial charge in [0.2, 0.25) is 0 Å². The molecule has 4 heteroatoms. The van der Waals surface area contributed by atoms with Crippen LogP contribution in [0.5, 0.6) is 0 Å². The molecular formula is C7H13O4. The molecule has 0 aromatic carbocycles. The second-order valence-corrected chi connectivity index (χ2v) is 3.12.